The van der Waals surface area contributed by atoms with E-state index < -0.39 is 4.92 Å². The van der Waals surface area contributed by atoms with Gasteiger partial charge in [-0.3, -0.25) is 29.5 Å². The molecular formula is C22H21ClN4O4S. The van der Waals surface area contributed by atoms with E-state index >= 15 is 0 Å². The Kier molecular flexibility index (Phi) is 6.50. The second-order valence-electron chi connectivity index (χ2n) is 7.64. The molecule has 166 valence electrons. The van der Waals surface area contributed by atoms with Gasteiger partial charge in [0, 0.05) is 49.0 Å². The molecule has 8 nitrogen and oxygen atoms in total. The molecule has 0 aliphatic carbocycles. The van der Waals surface area contributed by atoms with E-state index in [2.05, 4.69) is 15.9 Å². The van der Waals surface area contributed by atoms with Crippen molar-refractivity contribution in [1.82, 2.24) is 9.80 Å². The number of nitro benzene ring substituents is 1. The lowest BCUT2D eigenvalue weighted by Crippen LogP contribution is -2.50. The number of anilines is 1. The summed E-state index contributed by atoms with van der Waals surface area (Å²) in [5, 5.41) is 11.2. The summed E-state index contributed by atoms with van der Waals surface area (Å²) in [5.74, 6) is -0.342. The number of carbonyl (C=O) groups is 2. The summed E-state index contributed by atoms with van der Waals surface area (Å²) in [4.78, 5) is 41.4. The number of carbonyl (C=O) groups excluding carboxylic acids is 2. The van der Waals surface area contributed by atoms with E-state index in [1.54, 1.807) is 18.2 Å². The van der Waals surface area contributed by atoms with E-state index in [1.165, 1.54) is 17.0 Å². The molecular weight excluding hydrogens is 452 g/mol. The zero-order valence-electron chi connectivity index (χ0n) is 17.4. The Balaban J connectivity index is 1.36. The number of piperazine rings is 1. The summed E-state index contributed by atoms with van der Waals surface area (Å²) in [6, 6.07) is 11.9. The molecule has 0 aromatic heterocycles. The van der Waals surface area contributed by atoms with Gasteiger partial charge < -0.3 is 4.90 Å². The molecule has 2 amide bonds. The van der Waals surface area contributed by atoms with E-state index in [0.717, 1.165) is 41.1 Å². The van der Waals surface area contributed by atoms with Crippen molar-refractivity contribution >= 4 is 52.0 Å². The van der Waals surface area contributed by atoms with Crippen molar-refractivity contribution in [3.63, 3.8) is 0 Å². The van der Waals surface area contributed by atoms with Crippen LogP contribution in [-0.2, 0) is 4.79 Å². The first-order chi connectivity index (χ1) is 15.3. The van der Waals surface area contributed by atoms with Crippen molar-refractivity contribution in [2.45, 2.75) is 6.92 Å². The number of imide groups is 1. The fraction of sp³-hybridized carbons (Fsp3) is 0.273. The molecule has 2 heterocycles. The lowest BCUT2D eigenvalue weighted by molar-refractivity contribution is -0.384. The van der Waals surface area contributed by atoms with Crippen LogP contribution >= 0.6 is 23.4 Å². The first kappa shape index (κ1) is 22.3. The smallest absolute Gasteiger partial charge is 0.294 e. The molecule has 2 saturated heterocycles. The molecule has 0 atom stereocenters. The molecule has 10 heteroatoms. The van der Waals surface area contributed by atoms with Crippen LogP contribution in [-0.4, -0.2) is 58.7 Å². The van der Waals surface area contributed by atoms with E-state index in [1.807, 2.05) is 19.1 Å². The fourth-order valence-corrected chi connectivity index (χ4v) is 4.60. The first-order valence-corrected chi connectivity index (χ1v) is 11.2. The summed E-state index contributed by atoms with van der Waals surface area (Å²) < 4.78 is 0. The predicted molar refractivity (Wildman–Crippen MR) is 126 cm³/mol. The number of thioether (sulfide) groups is 1. The third-order valence-electron chi connectivity index (χ3n) is 5.51. The lowest BCUT2D eigenvalue weighted by Gasteiger charge is -2.37. The number of halogens is 1. The minimum atomic E-state index is -0.481. The summed E-state index contributed by atoms with van der Waals surface area (Å²) in [6.07, 6.45) is 1.59. The van der Waals surface area contributed by atoms with Gasteiger partial charge in [-0.25, -0.2) is 0 Å². The van der Waals surface area contributed by atoms with Gasteiger partial charge in [0.2, 0.25) is 0 Å². The monoisotopic (exact) mass is 472 g/mol. The molecule has 2 fully saturated rings. The van der Waals surface area contributed by atoms with Gasteiger partial charge in [-0.15, -0.1) is 0 Å². The second-order valence-corrected chi connectivity index (χ2v) is 9.04. The van der Waals surface area contributed by atoms with Crippen LogP contribution in [0.1, 0.15) is 11.1 Å². The minimum Gasteiger partial charge on any atom is -0.369 e. The molecule has 0 spiro atoms. The molecule has 0 unspecified atom stereocenters. The fourth-order valence-electron chi connectivity index (χ4n) is 3.59. The minimum absolute atomic E-state index is 0.0256. The highest BCUT2D eigenvalue weighted by Crippen LogP contribution is 2.33. The molecule has 0 radical (unpaired) electrons. The highest BCUT2D eigenvalue weighted by molar-refractivity contribution is 8.18. The predicted octanol–water partition coefficient (Wildman–Crippen LogP) is 4.37. The van der Waals surface area contributed by atoms with Crippen LogP contribution in [0.3, 0.4) is 0 Å². The molecule has 4 rings (SSSR count). The van der Waals surface area contributed by atoms with Crippen LogP contribution in [0.15, 0.2) is 47.4 Å². The Morgan fingerprint density at radius 1 is 1.09 bits per heavy atom. The van der Waals surface area contributed by atoms with Crippen LogP contribution in [0, 0.1) is 17.0 Å². The largest absolute Gasteiger partial charge is 0.369 e. The number of aryl methyl sites for hydroxylation is 1. The zero-order chi connectivity index (χ0) is 22.8. The number of rotatable bonds is 5. The Labute approximate surface area is 194 Å². The van der Waals surface area contributed by atoms with Crippen molar-refractivity contribution in [3.8, 4) is 0 Å². The number of nitrogens with zero attached hydrogens (tertiary/aromatic N) is 4. The standard InChI is InChI=1S/C22H21ClN4O4S/c1-15-2-5-18(13-19(15)23)25-10-8-24(9-11-25)14-26-21(28)20(32-22(26)29)12-16-3-6-17(7-4-16)27(30)31/h2-7,12-13H,8-11,14H2,1H3. The van der Waals surface area contributed by atoms with Crippen molar-refractivity contribution in [2.75, 3.05) is 37.7 Å². The summed E-state index contributed by atoms with van der Waals surface area (Å²) >= 11 is 7.13. The molecule has 0 bridgehead atoms. The van der Waals surface area contributed by atoms with E-state index in [9.17, 15) is 19.7 Å². The number of hydrogen-bond acceptors (Lipinski definition) is 7. The molecule has 2 aromatic rings. The van der Waals surface area contributed by atoms with Crippen LogP contribution in [0.4, 0.5) is 16.2 Å². The van der Waals surface area contributed by atoms with Gasteiger partial charge in [0.05, 0.1) is 16.5 Å². The molecule has 0 N–H and O–H groups in total. The Bertz CT molecular complexity index is 1100. The SMILES string of the molecule is Cc1ccc(N2CCN(CN3C(=O)SC(=Cc4ccc([N+](=O)[O-])cc4)C3=O)CC2)cc1Cl. The quantitative estimate of drug-likeness (QED) is 0.362. The maximum Gasteiger partial charge on any atom is 0.294 e. The third kappa shape index (κ3) is 4.79. The number of hydrogen-bond donors (Lipinski definition) is 0. The Morgan fingerprint density at radius 3 is 2.41 bits per heavy atom. The molecule has 0 saturated carbocycles. The van der Waals surface area contributed by atoms with Gasteiger partial charge in [0.25, 0.3) is 16.8 Å². The maximum absolute atomic E-state index is 12.8. The summed E-state index contributed by atoms with van der Waals surface area (Å²) in [6.45, 7) is 5.19. The van der Waals surface area contributed by atoms with Crippen molar-refractivity contribution < 1.29 is 14.5 Å². The number of amides is 2. The zero-order valence-corrected chi connectivity index (χ0v) is 18.9. The van der Waals surface area contributed by atoms with Crippen molar-refractivity contribution in [3.05, 3.63) is 73.6 Å². The highest BCUT2D eigenvalue weighted by Gasteiger charge is 2.36. The molecule has 2 aliphatic rings. The van der Waals surface area contributed by atoms with Crippen LogP contribution in [0.5, 0.6) is 0 Å². The first-order valence-electron chi connectivity index (χ1n) is 10.0. The van der Waals surface area contributed by atoms with E-state index in [4.69, 9.17) is 11.6 Å². The molecule has 32 heavy (non-hydrogen) atoms. The molecule has 2 aromatic carbocycles. The normalized spacial score (nSPS) is 18.6. The van der Waals surface area contributed by atoms with Crippen LogP contribution in [0.25, 0.3) is 6.08 Å². The van der Waals surface area contributed by atoms with Crippen LogP contribution in [0.2, 0.25) is 5.02 Å². The highest BCUT2D eigenvalue weighted by atomic mass is 35.5. The van der Waals surface area contributed by atoms with Gasteiger partial charge in [-0.2, -0.15) is 0 Å². The topological polar surface area (TPSA) is 87.0 Å². The summed E-state index contributed by atoms with van der Waals surface area (Å²) in [5.41, 5.74) is 2.71. The second kappa shape index (κ2) is 9.32. The number of non-ortho nitro benzene ring substituents is 1. The Morgan fingerprint density at radius 2 is 1.78 bits per heavy atom. The average molecular weight is 473 g/mol. The number of nitro groups is 1. The molecule has 2 aliphatic heterocycles. The third-order valence-corrected chi connectivity index (χ3v) is 6.82. The van der Waals surface area contributed by atoms with Gasteiger partial charge in [-0.1, -0.05) is 17.7 Å². The Hall–Kier alpha value is -2.88. The van der Waals surface area contributed by atoms with Gasteiger partial charge in [0.15, 0.2) is 0 Å². The van der Waals surface area contributed by atoms with Gasteiger partial charge in [-0.05, 0) is 60.2 Å². The average Bonchev–Trinajstić information content (AvgIpc) is 3.04. The lowest BCUT2D eigenvalue weighted by atomic mass is 10.2. The van der Waals surface area contributed by atoms with Crippen LogP contribution < -0.4 is 4.90 Å². The van der Waals surface area contributed by atoms with Crippen molar-refractivity contribution in [1.29, 1.82) is 0 Å². The van der Waals surface area contributed by atoms with E-state index in [0.29, 0.717) is 23.6 Å². The summed E-state index contributed by atoms with van der Waals surface area (Å²) in [7, 11) is 0. The number of benzene rings is 2. The van der Waals surface area contributed by atoms with E-state index in [-0.39, 0.29) is 23.5 Å². The maximum atomic E-state index is 12.8. The van der Waals surface area contributed by atoms with Gasteiger partial charge >= 0.3 is 0 Å². The van der Waals surface area contributed by atoms with Gasteiger partial charge in [0.1, 0.15) is 0 Å². The van der Waals surface area contributed by atoms with Crippen molar-refractivity contribution in [2.24, 2.45) is 0 Å².